The molecule has 3 N–H and O–H groups in total. The number of nitrogens with one attached hydrogen (secondary N) is 1. The van der Waals surface area contributed by atoms with Gasteiger partial charge in [-0.25, -0.2) is 8.42 Å². The fourth-order valence-corrected chi connectivity index (χ4v) is 2.35. The van der Waals surface area contributed by atoms with Crippen molar-refractivity contribution in [1.29, 1.82) is 0 Å². The quantitative estimate of drug-likeness (QED) is 0.780. The topological polar surface area (TPSA) is 98.2 Å². The summed E-state index contributed by atoms with van der Waals surface area (Å²) in [7, 11) is -3.69. The number of aromatic nitrogens is 1. The highest BCUT2D eigenvalue weighted by Crippen LogP contribution is 2.20. The molecule has 1 heterocycles. The molecule has 0 aliphatic heterocycles. The standard InChI is InChI=1S/C9H9N3O3S/c10-8-3-1-2-4-9(8)16(13,14)12-7-5-11-15-6-7/h1-6,12H,10H2. The van der Waals surface area contributed by atoms with Crippen LogP contribution < -0.4 is 10.5 Å². The normalized spacial score (nSPS) is 11.2. The highest BCUT2D eigenvalue weighted by Gasteiger charge is 2.17. The number of hydrogen-bond acceptors (Lipinski definition) is 5. The lowest BCUT2D eigenvalue weighted by Gasteiger charge is -2.07. The molecule has 6 nitrogen and oxygen atoms in total. The number of para-hydroxylation sites is 1. The van der Waals surface area contributed by atoms with Crippen molar-refractivity contribution in [3.63, 3.8) is 0 Å². The molecule has 0 aliphatic carbocycles. The minimum Gasteiger partial charge on any atom is -0.398 e. The molecule has 0 radical (unpaired) electrons. The Bertz CT molecular complexity index is 578. The largest absolute Gasteiger partial charge is 0.398 e. The lowest BCUT2D eigenvalue weighted by Crippen LogP contribution is -2.14. The van der Waals surface area contributed by atoms with E-state index in [-0.39, 0.29) is 16.3 Å². The van der Waals surface area contributed by atoms with Crippen LogP contribution in [0.4, 0.5) is 11.4 Å². The molecule has 2 aromatic rings. The maximum absolute atomic E-state index is 11.9. The lowest BCUT2D eigenvalue weighted by molar-refractivity contribution is 0.420. The summed E-state index contributed by atoms with van der Waals surface area (Å²) >= 11 is 0. The first-order valence-corrected chi connectivity index (χ1v) is 5.84. The summed E-state index contributed by atoms with van der Waals surface area (Å²) in [5.41, 5.74) is 6.02. The maximum Gasteiger partial charge on any atom is 0.264 e. The van der Waals surface area contributed by atoms with Gasteiger partial charge in [0.1, 0.15) is 16.8 Å². The Labute approximate surface area is 92.1 Å². The van der Waals surface area contributed by atoms with Crippen molar-refractivity contribution in [1.82, 2.24) is 5.16 Å². The monoisotopic (exact) mass is 239 g/mol. The Morgan fingerprint density at radius 3 is 2.69 bits per heavy atom. The third-order valence-electron chi connectivity index (χ3n) is 1.89. The van der Waals surface area contributed by atoms with Crippen molar-refractivity contribution < 1.29 is 12.9 Å². The van der Waals surface area contributed by atoms with Crippen molar-refractivity contribution in [3.05, 3.63) is 36.7 Å². The maximum atomic E-state index is 11.9. The smallest absolute Gasteiger partial charge is 0.264 e. The Hall–Kier alpha value is -2.02. The van der Waals surface area contributed by atoms with Gasteiger partial charge in [0.15, 0.2) is 0 Å². The highest BCUT2D eigenvalue weighted by molar-refractivity contribution is 7.92. The average molecular weight is 239 g/mol. The van der Waals surface area contributed by atoms with E-state index < -0.39 is 10.0 Å². The predicted octanol–water partition coefficient (Wildman–Crippen LogP) is 1.06. The third kappa shape index (κ3) is 1.98. The zero-order valence-corrected chi connectivity index (χ0v) is 8.94. The number of hydrogen-bond donors (Lipinski definition) is 2. The Morgan fingerprint density at radius 1 is 1.31 bits per heavy atom. The molecule has 0 atom stereocenters. The van der Waals surface area contributed by atoms with E-state index in [1.165, 1.54) is 24.6 Å². The zero-order chi connectivity index (χ0) is 11.6. The van der Waals surface area contributed by atoms with Gasteiger partial charge in [0.2, 0.25) is 0 Å². The lowest BCUT2D eigenvalue weighted by atomic mass is 10.3. The van der Waals surface area contributed by atoms with Crippen LogP contribution in [-0.4, -0.2) is 13.6 Å². The Morgan fingerprint density at radius 2 is 2.06 bits per heavy atom. The molecule has 0 unspecified atom stereocenters. The van der Waals surface area contributed by atoms with Crippen molar-refractivity contribution in [2.45, 2.75) is 4.90 Å². The van der Waals surface area contributed by atoms with Crippen molar-refractivity contribution in [2.24, 2.45) is 0 Å². The van der Waals surface area contributed by atoms with Gasteiger partial charge in [-0.2, -0.15) is 0 Å². The predicted molar refractivity (Wildman–Crippen MR) is 58.2 cm³/mol. The van der Waals surface area contributed by atoms with Gasteiger partial charge in [0, 0.05) is 0 Å². The van der Waals surface area contributed by atoms with E-state index in [0.29, 0.717) is 0 Å². The second-order valence-corrected chi connectivity index (χ2v) is 4.71. The van der Waals surface area contributed by atoms with Crippen molar-refractivity contribution >= 4 is 21.4 Å². The van der Waals surface area contributed by atoms with Crippen molar-refractivity contribution in [3.8, 4) is 0 Å². The van der Waals surface area contributed by atoms with Crippen molar-refractivity contribution in [2.75, 3.05) is 10.5 Å². The molecule has 2 rings (SSSR count). The average Bonchev–Trinajstić information content (AvgIpc) is 2.70. The van der Waals surface area contributed by atoms with E-state index in [0.717, 1.165) is 0 Å². The number of nitrogens with two attached hydrogens (primary N) is 1. The van der Waals surface area contributed by atoms with Gasteiger partial charge in [0.25, 0.3) is 10.0 Å². The minimum atomic E-state index is -3.69. The summed E-state index contributed by atoms with van der Waals surface area (Å²) in [6.45, 7) is 0. The fourth-order valence-electron chi connectivity index (χ4n) is 1.19. The number of nitrogen functional groups attached to an aromatic ring is 1. The first kappa shape index (κ1) is 10.5. The van der Waals surface area contributed by atoms with Gasteiger partial charge < -0.3 is 10.3 Å². The van der Waals surface area contributed by atoms with Gasteiger partial charge in [-0.05, 0) is 12.1 Å². The van der Waals surface area contributed by atoms with Gasteiger partial charge >= 0.3 is 0 Å². The summed E-state index contributed by atoms with van der Waals surface area (Å²) in [6, 6.07) is 6.19. The van der Waals surface area contributed by atoms with Crippen LogP contribution >= 0.6 is 0 Å². The molecule has 7 heteroatoms. The molecule has 16 heavy (non-hydrogen) atoms. The Kier molecular flexibility index (Phi) is 2.53. The van der Waals surface area contributed by atoms with E-state index in [4.69, 9.17) is 5.73 Å². The van der Waals surface area contributed by atoms with Crippen LogP contribution in [0, 0.1) is 0 Å². The number of benzene rings is 1. The molecule has 0 amide bonds. The van der Waals surface area contributed by atoms with E-state index in [2.05, 4.69) is 14.4 Å². The summed E-state index contributed by atoms with van der Waals surface area (Å²) in [5.74, 6) is 0. The summed E-state index contributed by atoms with van der Waals surface area (Å²) < 4.78 is 30.5. The van der Waals surface area contributed by atoms with Gasteiger partial charge in [0.05, 0.1) is 11.9 Å². The van der Waals surface area contributed by atoms with Gasteiger partial charge in [-0.1, -0.05) is 17.3 Å². The van der Waals surface area contributed by atoms with Crippen LogP contribution in [0.25, 0.3) is 0 Å². The van der Waals surface area contributed by atoms with Crippen LogP contribution in [0.15, 0.2) is 46.1 Å². The molecule has 84 valence electrons. The first-order valence-electron chi connectivity index (χ1n) is 4.36. The molecular weight excluding hydrogens is 230 g/mol. The summed E-state index contributed by atoms with van der Waals surface area (Å²) in [6.07, 6.45) is 2.45. The third-order valence-corrected chi connectivity index (χ3v) is 3.35. The van der Waals surface area contributed by atoms with Crippen LogP contribution in [0.2, 0.25) is 0 Å². The SMILES string of the molecule is Nc1ccccc1S(=O)(=O)Nc1cnoc1. The summed E-state index contributed by atoms with van der Waals surface area (Å²) in [5, 5.41) is 3.39. The van der Waals surface area contributed by atoms with Crippen LogP contribution in [0.1, 0.15) is 0 Å². The fraction of sp³-hybridized carbons (Fsp3) is 0. The molecule has 0 spiro atoms. The molecular formula is C9H9N3O3S. The van der Waals surface area contributed by atoms with E-state index in [1.807, 2.05) is 0 Å². The summed E-state index contributed by atoms with van der Waals surface area (Å²) in [4.78, 5) is 0.0243. The molecule has 1 aromatic heterocycles. The van der Waals surface area contributed by atoms with E-state index >= 15 is 0 Å². The molecule has 0 saturated carbocycles. The molecule has 1 aromatic carbocycles. The van der Waals surface area contributed by atoms with Gasteiger partial charge in [-0.3, -0.25) is 4.72 Å². The molecule has 0 bridgehead atoms. The molecule has 0 fully saturated rings. The second-order valence-electron chi connectivity index (χ2n) is 3.06. The minimum absolute atomic E-state index is 0.0243. The molecule has 0 aliphatic rings. The van der Waals surface area contributed by atoms with E-state index in [1.54, 1.807) is 12.1 Å². The Balaban J connectivity index is 2.37. The number of rotatable bonds is 3. The first-order chi connectivity index (χ1) is 7.59. The number of nitrogens with zero attached hydrogens (tertiary/aromatic N) is 1. The molecule has 0 saturated heterocycles. The number of anilines is 2. The van der Waals surface area contributed by atoms with Gasteiger partial charge in [-0.15, -0.1) is 0 Å². The number of sulfonamides is 1. The van der Waals surface area contributed by atoms with Crippen LogP contribution in [-0.2, 0) is 10.0 Å². The van der Waals surface area contributed by atoms with E-state index in [9.17, 15) is 8.42 Å². The van der Waals surface area contributed by atoms with Crippen LogP contribution in [0.3, 0.4) is 0 Å². The zero-order valence-electron chi connectivity index (χ0n) is 8.12. The highest BCUT2D eigenvalue weighted by atomic mass is 32.2. The second kappa shape index (κ2) is 3.86. The van der Waals surface area contributed by atoms with Crippen LogP contribution in [0.5, 0.6) is 0 Å².